The average molecular weight is 391 g/mol. The summed E-state index contributed by atoms with van der Waals surface area (Å²) >= 11 is 6.20. The smallest absolute Gasteiger partial charge is 0.313 e. The van der Waals surface area contributed by atoms with Crippen LogP contribution in [0.3, 0.4) is 0 Å². The maximum Gasteiger partial charge on any atom is 0.313 e. The second kappa shape index (κ2) is 8.25. The third kappa shape index (κ3) is 4.24. The summed E-state index contributed by atoms with van der Waals surface area (Å²) in [5.41, 5.74) is 0.424. The largest absolute Gasteiger partial charge is 0.497 e. The van der Waals surface area contributed by atoms with Crippen molar-refractivity contribution in [3.63, 3.8) is 0 Å². The molecule has 2 aromatic rings. The second-order valence-corrected chi connectivity index (χ2v) is 7.38. The quantitative estimate of drug-likeness (QED) is 0.789. The van der Waals surface area contributed by atoms with Gasteiger partial charge < -0.3 is 14.9 Å². The van der Waals surface area contributed by atoms with E-state index in [1.807, 2.05) is 35.2 Å². The van der Waals surface area contributed by atoms with Crippen molar-refractivity contribution in [3.8, 4) is 5.75 Å². The van der Waals surface area contributed by atoms with Gasteiger partial charge in [0.15, 0.2) is 0 Å². The molecule has 0 radical (unpaired) electrons. The molecule has 1 aliphatic heterocycles. The van der Waals surface area contributed by atoms with E-state index in [9.17, 15) is 15.0 Å². The molecule has 0 saturated carbocycles. The van der Waals surface area contributed by atoms with Crippen LogP contribution in [-0.2, 0) is 17.8 Å². The van der Waals surface area contributed by atoms with Crippen LogP contribution in [0.1, 0.15) is 17.5 Å². The standard InChI is InChI=1S/C20H23ClN2O4/c1-27-16-4-2-3-14(9-16)10-20(19(25)26)13-23(8-6-18(20)24)12-15-5-7-22-11-17(15)21/h2-5,7,9,11,18,24H,6,8,10,12-13H2,1H3,(H,25,26)/t18-,20+/m0/s1. The predicted octanol–water partition coefficient (Wildman–Crippen LogP) is 2.62. The van der Waals surface area contributed by atoms with E-state index in [1.165, 1.54) is 0 Å². The van der Waals surface area contributed by atoms with Gasteiger partial charge >= 0.3 is 5.97 Å². The summed E-state index contributed by atoms with van der Waals surface area (Å²) in [7, 11) is 1.57. The fraction of sp³-hybridized carbons (Fsp3) is 0.400. The lowest BCUT2D eigenvalue weighted by Gasteiger charge is -2.43. The number of nitrogens with zero attached hydrogens (tertiary/aromatic N) is 2. The van der Waals surface area contributed by atoms with Gasteiger partial charge in [-0.25, -0.2) is 0 Å². The molecule has 0 amide bonds. The van der Waals surface area contributed by atoms with Crippen molar-refractivity contribution in [3.05, 3.63) is 58.9 Å². The van der Waals surface area contributed by atoms with E-state index in [1.54, 1.807) is 19.5 Å². The number of likely N-dealkylation sites (tertiary alicyclic amines) is 1. The number of ether oxygens (including phenoxy) is 1. The Morgan fingerprint density at radius 2 is 2.26 bits per heavy atom. The molecule has 1 aromatic heterocycles. The Labute approximate surface area is 163 Å². The molecule has 1 saturated heterocycles. The number of piperidine rings is 1. The van der Waals surface area contributed by atoms with Gasteiger partial charge in [-0.3, -0.25) is 14.7 Å². The van der Waals surface area contributed by atoms with Crippen molar-refractivity contribution in [2.45, 2.75) is 25.5 Å². The van der Waals surface area contributed by atoms with Gasteiger partial charge in [-0.15, -0.1) is 0 Å². The van der Waals surface area contributed by atoms with Crippen molar-refractivity contribution in [1.29, 1.82) is 0 Å². The highest BCUT2D eigenvalue weighted by atomic mass is 35.5. The number of methoxy groups -OCH3 is 1. The lowest BCUT2D eigenvalue weighted by Crippen LogP contribution is -2.56. The number of pyridine rings is 1. The number of benzene rings is 1. The molecule has 1 aliphatic rings. The van der Waals surface area contributed by atoms with Crippen LogP contribution in [0.5, 0.6) is 5.75 Å². The van der Waals surface area contributed by atoms with E-state index >= 15 is 0 Å². The first-order valence-corrected chi connectivity index (χ1v) is 9.17. The molecule has 1 aromatic carbocycles. The number of carbonyl (C=O) groups is 1. The lowest BCUT2D eigenvalue weighted by atomic mass is 9.72. The molecular weight excluding hydrogens is 368 g/mol. The first-order valence-electron chi connectivity index (χ1n) is 8.80. The molecule has 2 heterocycles. The van der Waals surface area contributed by atoms with Crippen molar-refractivity contribution in [1.82, 2.24) is 9.88 Å². The predicted molar refractivity (Wildman–Crippen MR) is 102 cm³/mol. The maximum atomic E-state index is 12.3. The molecule has 0 bridgehead atoms. The number of halogens is 1. The van der Waals surface area contributed by atoms with Gasteiger partial charge in [0, 0.05) is 32.0 Å². The minimum Gasteiger partial charge on any atom is -0.497 e. The van der Waals surface area contributed by atoms with E-state index < -0.39 is 17.5 Å². The molecular formula is C20H23ClN2O4. The molecule has 6 nitrogen and oxygen atoms in total. The average Bonchev–Trinajstić information content (AvgIpc) is 2.66. The summed E-state index contributed by atoms with van der Waals surface area (Å²) in [6.45, 7) is 1.35. The van der Waals surface area contributed by atoms with Gasteiger partial charge in [0.1, 0.15) is 11.2 Å². The lowest BCUT2D eigenvalue weighted by molar-refractivity contribution is -0.163. The molecule has 27 heavy (non-hydrogen) atoms. The zero-order valence-corrected chi connectivity index (χ0v) is 15.9. The number of rotatable bonds is 6. The van der Waals surface area contributed by atoms with Crippen LogP contribution in [0, 0.1) is 5.41 Å². The summed E-state index contributed by atoms with van der Waals surface area (Å²) in [4.78, 5) is 18.3. The monoisotopic (exact) mass is 390 g/mol. The van der Waals surface area contributed by atoms with Gasteiger partial charge in [0.2, 0.25) is 0 Å². The van der Waals surface area contributed by atoms with Gasteiger partial charge in [-0.1, -0.05) is 23.7 Å². The fourth-order valence-electron chi connectivity index (χ4n) is 3.68. The molecule has 0 unspecified atom stereocenters. The van der Waals surface area contributed by atoms with E-state index in [0.717, 1.165) is 11.1 Å². The first kappa shape index (κ1) is 19.6. The zero-order valence-electron chi connectivity index (χ0n) is 15.1. The molecule has 144 valence electrons. The van der Waals surface area contributed by atoms with Crippen LogP contribution in [0.2, 0.25) is 5.02 Å². The van der Waals surface area contributed by atoms with E-state index in [-0.39, 0.29) is 13.0 Å². The van der Waals surface area contributed by atoms with E-state index in [2.05, 4.69) is 4.98 Å². The topological polar surface area (TPSA) is 82.9 Å². The number of aliphatic hydroxyl groups is 1. The van der Waals surface area contributed by atoms with Gasteiger partial charge in [-0.2, -0.15) is 0 Å². The van der Waals surface area contributed by atoms with Crippen molar-refractivity contribution in [2.75, 3.05) is 20.2 Å². The van der Waals surface area contributed by atoms with Gasteiger partial charge in [0.05, 0.1) is 18.2 Å². The number of carboxylic acid groups (broad SMARTS) is 1. The summed E-state index contributed by atoms with van der Waals surface area (Å²) in [6, 6.07) is 9.14. The number of aliphatic carboxylic acids is 1. The van der Waals surface area contributed by atoms with Crippen LogP contribution in [0.15, 0.2) is 42.7 Å². The minimum atomic E-state index is -1.29. The molecule has 2 N–H and O–H groups in total. The fourth-order valence-corrected chi connectivity index (χ4v) is 3.86. The van der Waals surface area contributed by atoms with E-state index in [0.29, 0.717) is 30.3 Å². The summed E-state index contributed by atoms with van der Waals surface area (Å²) in [6.07, 6.45) is 2.93. The van der Waals surface area contributed by atoms with Crippen LogP contribution in [-0.4, -0.2) is 52.4 Å². The van der Waals surface area contributed by atoms with Crippen LogP contribution in [0.4, 0.5) is 0 Å². The number of hydrogen-bond donors (Lipinski definition) is 2. The molecule has 3 rings (SSSR count). The Morgan fingerprint density at radius 1 is 1.44 bits per heavy atom. The van der Waals surface area contributed by atoms with Crippen LogP contribution in [0.25, 0.3) is 0 Å². The molecule has 7 heteroatoms. The van der Waals surface area contributed by atoms with Crippen molar-refractivity contribution in [2.24, 2.45) is 5.41 Å². The third-order valence-electron chi connectivity index (χ3n) is 5.19. The van der Waals surface area contributed by atoms with Crippen LogP contribution >= 0.6 is 11.6 Å². The summed E-state index contributed by atoms with van der Waals surface area (Å²) in [5.74, 6) is -0.331. The Morgan fingerprint density at radius 3 is 2.96 bits per heavy atom. The van der Waals surface area contributed by atoms with Gasteiger partial charge in [-0.05, 0) is 42.2 Å². The van der Waals surface area contributed by atoms with E-state index in [4.69, 9.17) is 16.3 Å². The Balaban J connectivity index is 1.85. The SMILES string of the molecule is COc1cccc(C[C@@]2(C(=O)O)CN(Cc3ccncc3Cl)CC[C@@H]2O)c1. The maximum absolute atomic E-state index is 12.3. The van der Waals surface area contributed by atoms with Crippen molar-refractivity contribution < 1.29 is 19.7 Å². The highest BCUT2D eigenvalue weighted by Crippen LogP contribution is 2.36. The molecule has 1 fully saturated rings. The summed E-state index contributed by atoms with van der Waals surface area (Å²) < 4.78 is 5.24. The Hall–Kier alpha value is -2.15. The Kier molecular flexibility index (Phi) is 5.99. The second-order valence-electron chi connectivity index (χ2n) is 6.97. The number of carboxylic acids is 1. The number of aliphatic hydroxyl groups excluding tert-OH is 1. The first-order chi connectivity index (χ1) is 12.9. The summed E-state index contributed by atoms with van der Waals surface area (Å²) in [5, 5.41) is 21.2. The van der Waals surface area contributed by atoms with Gasteiger partial charge in [0.25, 0.3) is 0 Å². The number of hydrogen-bond acceptors (Lipinski definition) is 5. The zero-order chi connectivity index (χ0) is 19.4. The normalized spacial score (nSPS) is 23.1. The highest BCUT2D eigenvalue weighted by Gasteiger charge is 2.49. The minimum absolute atomic E-state index is 0.223. The van der Waals surface area contributed by atoms with Crippen molar-refractivity contribution >= 4 is 17.6 Å². The van der Waals surface area contributed by atoms with Crippen LogP contribution < -0.4 is 4.74 Å². The molecule has 0 spiro atoms. The third-order valence-corrected chi connectivity index (χ3v) is 5.53. The molecule has 2 atom stereocenters. The number of aromatic nitrogens is 1. The molecule has 0 aliphatic carbocycles. The highest BCUT2D eigenvalue weighted by molar-refractivity contribution is 6.31. The Bertz CT molecular complexity index is 816.